The second-order valence-corrected chi connectivity index (χ2v) is 5.70. The monoisotopic (exact) mass is 354 g/mol. The van der Waals surface area contributed by atoms with Crippen molar-refractivity contribution in [1.82, 2.24) is 4.98 Å². The fourth-order valence-corrected chi connectivity index (χ4v) is 2.27. The van der Waals surface area contributed by atoms with Crippen LogP contribution in [0.3, 0.4) is 0 Å². The van der Waals surface area contributed by atoms with Crippen LogP contribution in [0, 0.1) is 0 Å². The second kappa shape index (κ2) is 5.76. The summed E-state index contributed by atoms with van der Waals surface area (Å²) in [7, 11) is 0. The van der Waals surface area contributed by atoms with Crippen molar-refractivity contribution in [3.05, 3.63) is 62.8 Å². The maximum Gasteiger partial charge on any atom is 0.0410 e. The zero-order valence-corrected chi connectivity index (χ0v) is 12.3. The van der Waals surface area contributed by atoms with Gasteiger partial charge in [0.2, 0.25) is 0 Å². The predicted octanol–water partition coefficient (Wildman–Crippen LogP) is 3.85. The highest BCUT2D eigenvalue weighted by Crippen LogP contribution is 2.19. The number of hydrogen-bond donors (Lipinski definition) is 1. The van der Waals surface area contributed by atoms with Crippen LogP contribution in [-0.4, -0.2) is 4.98 Å². The molecule has 4 heteroatoms. The number of nitrogens with two attached hydrogens (primary N) is 1. The Morgan fingerprint density at radius 3 is 2.41 bits per heavy atom. The molecule has 0 radical (unpaired) electrons. The number of benzene rings is 1. The smallest absolute Gasteiger partial charge is 0.0410 e. The molecule has 88 valence electrons. The highest BCUT2D eigenvalue weighted by Gasteiger charge is 2.07. The lowest BCUT2D eigenvalue weighted by atomic mass is 10.0. The van der Waals surface area contributed by atoms with E-state index in [1.165, 1.54) is 5.56 Å². The van der Waals surface area contributed by atoms with Crippen molar-refractivity contribution in [3.8, 4) is 0 Å². The van der Waals surface area contributed by atoms with E-state index < -0.39 is 0 Å². The fraction of sp³-hybridized carbons (Fsp3) is 0.154. The maximum atomic E-state index is 6.16. The number of hydrogen-bond acceptors (Lipinski definition) is 2. The minimum Gasteiger partial charge on any atom is -0.324 e. The first-order valence-electron chi connectivity index (χ1n) is 5.25. The zero-order chi connectivity index (χ0) is 12.3. The Kier molecular flexibility index (Phi) is 4.31. The summed E-state index contributed by atoms with van der Waals surface area (Å²) in [5, 5.41) is 0. The molecule has 0 bridgehead atoms. The van der Waals surface area contributed by atoms with Crippen LogP contribution in [0.2, 0.25) is 0 Å². The molecular formula is C13H12Br2N2. The van der Waals surface area contributed by atoms with E-state index in [4.69, 9.17) is 5.73 Å². The van der Waals surface area contributed by atoms with Gasteiger partial charge in [0.1, 0.15) is 0 Å². The molecule has 2 rings (SSSR count). The van der Waals surface area contributed by atoms with Crippen molar-refractivity contribution in [3.63, 3.8) is 0 Å². The quantitative estimate of drug-likeness (QED) is 0.908. The molecule has 0 aliphatic heterocycles. The number of rotatable bonds is 3. The summed E-state index contributed by atoms with van der Waals surface area (Å²) in [5.74, 6) is 0. The molecule has 2 N–H and O–H groups in total. The van der Waals surface area contributed by atoms with Crippen LogP contribution >= 0.6 is 31.9 Å². The van der Waals surface area contributed by atoms with Gasteiger partial charge in [-0.3, -0.25) is 4.98 Å². The number of aromatic nitrogens is 1. The molecule has 17 heavy (non-hydrogen) atoms. The summed E-state index contributed by atoms with van der Waals surface area (Å²) in [4.78, 5) is 4.13. The van der Waals surface area contributed by atoms with Crippen LogP contribution in [0.4, 0.5) is 0 Å². The van der Waals surface area contributed by atoms with Gasteiger partial charge >= 0.3 is 0 Å². The standard InChI is InChI=1S/C13H12Br2N2/c14-11-3-1-9(2-4-11)5-13(16)10-6-12(15)8-17-7-10/h1-4,6-8,13H,5,16H2. The largest absolute Gasteiger partial charge is 0.324 e. The van der Waals surface area contributed by atoms with E-state index in [-0.39, 0.29) is 6.04 Å². The summed E-state index contributed by atoms with van der Waals surface area (Å²) in [5.41, 5.74) is 8.43. The molecule has 0 aliphatic rings. The number of nitrogens with zero attached hydrogens (tertiary/aromatic N) is 1. The van der Waals surface area contributed by atoms with Gasteiger partial charge in [0, 0.05) is 27.4 Å². The van der Waals surface area contributed by atoms with E-state index in [0.29, 0.717) is 0 Å². The molecule has 1 heterocycles. The molecule has 0 saturated heterocycles. The first-order valence-corrected chi connectivity index (χ1v) is 6.84. The summed E-state index contributed by atoms with van der Waals surface area (Å²) in [6, 6.07) is 10.2. The molecule has 0 saturated carbocycles. The molecule has 2 aromatic rings. The first kappa shape index (κ1) is 12.7. The van der Waals surface area contributed by atoms with Crippen molar-refractivity contribution < 1.29 is 0 Å². The van der Waals surface area contributed by atoms with Crippen molar-refractivity contribution in [1.29, 1.82) is 0 Å². The Balaban J connectivity index is 2.11. The molecule has 2 nitrogen and oxygen atoms in total. The Morgan fingerprint density at radius 2 is 1.76 bits per heavy atom. The lowest BCUT2D eigenvalue weighted by Gasteiger charge is -2.12. The van der Waals surface area contributed by atoms with E-state index in [9.17, 15) is 0 Å². The van der Waals surface area contributed by atoms with Crippen LogP contribution in [0.25, 0.3) is 0 Å². The van der Waals surface area contributed by atoms with E-state index in [1.54, 1.807) is 6.20 Å². The van der Waals surface area contributed by atoms with Gasteiger partial charge in [-0.25, -0.2) is 0 Å². The minimum atomic E-state index is -0.0267. The van der Waals surface area contributed by atoms with E-state index in [2.05, 4.69) is 49.0 Å². The highest BCUT2D eigenvalue weighted by molar-refractivity contribution is 9.10. The van der Waals surface area contributed by atoms with Gasteiger partial charge in [-0.15, -0.1) is 0 Å². The van der Waals surface area contributed by atoms with Gasteiger partial charge in [0.25, 0.3) is 0 Å². The fourth-order valence-electron chi connectivity index (χ4n) is 1.62. The molecule has 1 unspecified atom stereocenters. The van der Waals surface area contributed by atoms with E-state index >= 15 is 0 Å². The van der Waals surface area contributed by atoms with E-state index in [1.807, 2.05) is 24.4 Å². The lowest BCUT2D eigenvalue weighted by Crippen LogP contribution is -2.13. The van der Waals surface area contributed by atoms with Crippen LogP contribution in [0.1, 0.15) is 17.2 Å². The summed E-state index contributed by atoms with van der Waals surface area (Å²) < 4.78 is 2.04. The minimum absolute atomic E-state index is 0.0267. The third-order valence-electron chi connectivity index (χ3n) is 2.52. The Labute approximate surface area is 118 Å². The topological polar surface area (TPSA) is 38.9 Å². The molecule has 1 aromatic heterocycles. The van der Waals surface area contributed by atoms with Crippen molar-refractivity contribution in [2.24, 2.45) is 5.73 Å². The molecule has 0 aliphatic carbocycles. The number of halogens is 2. The van der Waals surface area contributed by atoms with Crippen molar-refractivity contribution in [2.45, 2.75) is 12.5 Å². The molecule has 0 fully saturated rings. The Bertz CT molecular complexity index is 497. The normalized spacial score (nSPS) is 12.4. The average Bonchev–Trinajstić information content (AvgIpc) is 2.32. The van der Waals surface area contributed by atoms with Crippen LogP contribution in [-0.2, 0) is 6.42 Å². The van der Waals surface area contributed by atoms with Crippen molar-refractivity contribution >= 4 is 31.9 Å². The van der Waals surface area contributed by atoms with Crippen LogP contribution < -0.4 is 5.73 Å². The molecule has 1 atom stereocenters. The predicted molar refractivity (Wildman–Crippen MR) is 76.7 cm³/mol. The molecular weight excluding hydrogens is 344 g/mol. The van der Waals surface area contributed by atoms with Crippen molar-refractivity contribution in [2.75, 3.05) is 0 Å². The summed E-state index contributed by atoms with van der Waals surface area (Å²) in [6.45, 7) is 0. The van der Waals surface area contributed by atoms with Gasteiger partial charge in [0.15, 0.2) is 0 Å². The third kappa shape index (κ3) is 3.63. The molecule has 0 spiro atoms. The van der Waals surface area contributed by atoms with Crippen LogP contribution in [0.15, 0.2) is 51.7 Å². The average molecular weight is 356 g/mol. The third-order valence-corrected chi connectivity index (χ3v) is 3.49. The van der Waals surface area contributed by atoms with Gasteiger partial charge in [-0.1, -0.05) is 28.1 Å². The summed E-state index contributed by atoms with van der Waals surface area (Å²) in [6.07, 6.45) is 4.38. The van der Waals surface area contributed by atoms with E-state index in [0.717, 1.165) is 20.9 Å². The van der Waals surface area contributed by atoms with Gasteiger partial charge in [0.05, 0.1) is 0 Å². The highest BCUT2D eigenvalue weighted by atomic mass is 79.9. The summed E-state index contributed by atoms with van der Waals surface area (Å²) >= 11 is 6.82. The van der Waals surface area contributed by atoms with Crippen LogP contribution in [0.5, 0.6) is 0 Å². The lowest BCUT2D eigenvalue weighted by molar-refractivity contribution is 0.717. The first-order chi connectivity index (χ1) is 8.15. The molecule has 0 amide bonds. The van der Waals surface area contributed by atoms with Gasteiger partial charge < -0.3 is 5.73 Å². The molecule has 1 aromatic carbocycles. The zero-order valence-electron chi connectivity index (χ0n) is 9.11. The Morgan fingerprint density at radius 1 is 1.06 bits per heavy atom. The van der Waals surface area contributed by atoms with Gasteiger partial charge in [-0.05, 0) is 51.7 Å². The second-order valence-electron chi connectivity index (χ2n) is 3.87. The maximum absolute atomic E-state index is 6.16. The SMILES string of the molecule is NC(Cc1ccc(Br)cc1)c1cncc(Br)c1. The van der Waals surface area contributed by atoms with Gasteiger partial charge in [-0.2, -0.15) is 0 Å². The Hall–Kier alpha value is -0.710. The number of pyridine rings is 1.